The Kier molecular flexibility index (Phi) is 9.16. The van der Waals surface area contributed by atoms with Crippen LogP contribution in [-0.2, 0) is 0 Å². The van der Waals surface area contributed by atoms with Gasteiger partial charge in [-0.2, -0.15) is 0 Å². The molecule has 1 spiro atoms. The summed E-state index contributed by atoms with van der Waals surface area (Å²) >= 11 is 0. The average molecular weight is 294 g/mol. The number of hydrogen-bond acceptors (Lipinski definition) is 2. The van der Waals surface area contributed by atoms with Crippen molar-refractivity contribution in [1.82, 2.24) is 0 Å². The highest BCUT2D eigenvalue weighted by molar-refractivity contribution is 5.53. The topological polar surface area (TPSA) is 18.5 Å². The van der Waals surface area contributed by atoms with Crippen molar-refractivity contribution in [2.75, 3.05) is 0 Å². The lowest BCUT2D eigenvalue weighted by Gasteiger charge is -2.21. The van der Waals surface area contributed by atoms with E-state index in [1.807, 2.05) is 41.5 Å². The summed E-state index contributed by atoms with van der Waals surface area (Å²) in [7, 11) is 0. The predicted molar refractivity (Wildman–Crippen MR) is 92.4 cm³/mol. The minimum absolute atomic E-state index is 0.320. The van der Waals surface area contributed by atoms with E-state index in [9.17, 15) is 0 Å². The molecule has 1 fully saturated rings. The summed E-state index contributed by atoms with van der Waals surface area (Å²) in [4.78, 5) is 0. The van der Waals surface area contributed by atoms with Gasteiger partial charge in [0, 0.05) is 12.8 Å². The molecule has 0 aromatic heterocycles. The van der Waals surface area contributed by atoms with Gasteiger partial charge in [-0.15, -0.1) is 0 Å². The standard InChI is InChI=1S/C13H16O2.3C2H6/c1-9-5-6-10(2)12-11(9)14-13(15-12)7-3-4-8-13;3*1-2/h5-6H,3-4,7-8H2,1-2H3;3*1-2H3. The van der Waals surface area contributed by atoms with Gasteiger partial charge < -0.3 is 9.47 Å². The summed E-state index contributed by atoms with van der Waals surface area (Å²) in [5, 5.41) is 0. The Balaban J connectivity index is 0.000000598. The molecule has 2 nitrogen and oxygen atoms in total. The molecule has 1 aliphatic heterocycles. The Hall–Kier alpha value is -1.18. The monoisotopic (exact) mass is 294 g/mol. The fraction of sp³-hybridized carbons (Fsp3) is 0.684. The van der Waals surface area contributed by atoms with Gasteiger partial charge in [0.15, 0.2) is 11.5 Å². The second-order valence-electron chi connectivity index (χ2n) is 4.68. The lowest BCUT2D eigenvalue weighted by atomic mass is 10.1. The zero-order chi connectivity index (χ0) is 16.5. The Bertz CT molecular complexity index is 371. The molecule has 0 bridgehead atoms. The molecule has 0 saturated heterocycles. The third kappa shape index (κ3) is 4.39. The van der Waals surface area contributed by atoms with Gasteiger partial charge in [0.05, 0.1) is 0 Å². The molecule has 0 amide bonds. The molecular weight excluding hydrogens is 260 g/mol. The molecule has 3 rings (SSSR count). The van der Waals surface area contributed by atoms with Crippen molar-refractivity contribution in [2.24, 2.45) is 0 Å². The first kappa shape index (κ1) is 19.8. The van der Waals surface area contributed by atoms with Gasteiger partial charge in [-0.25, -0.2) is 0 Å². The van der Waals surface area contributed by atoms with Crippen LogP contribution in [0.5, 0.6) is 11.5 Å². The molecule has 0 N–H and O–H groups in total. The number of aryl methyl sites for hydroxylation is 2. The van der Waals surface area contributed by atoms with E-state index in [0.29, 0.717) is 0 Å². The van der Waals surface area contributed by atoms with Crippen LogP contribution in [0.1, 0.15) is 78.4 Å². The van der Waals surface area contributed by atoms with Crippen LogP contribution in [-0.4, -0.2) is 5.79 Å². The van der Waals surface area contributed by atoms with Crippen LogP contribution in [0, 0.1) is 13.8 Å². The van der Waals surface area contributed by atoms with E-state index in [1.165, 1.54) is 24.0 Å². The maximum absolute atomic E-state index is 6.04. The van der Waals surface area contributed by atoms with Gasteiger partial charge in [-0.1, -0.05) is 53.7 Å². The van der Waals surface area contributed by atoms with E-state index in [-0.39, 0.29) is 5.79 Å². The third-order valence-electron chi connectivity index (χ3n) is 3.45. The van der Waals surface area contributed by atoms with Crippen LogP contribution in [0.15, 0.2) is 12.1 Å². The molecule has 1 aliphatic carbocycles. The Morgan fingerprint density at radius 2 is 1.05 bits per heavy atom. The lowest BCUT2D eigenvalue weighted by Crippen LogP contribution is -2.34. The first-order valence-corrected chi connectivity index (χ1v) is 8.68. The zero-order valence-corrected chi connectivity index (χ0v) is 15.3. The number of fused-ring (bicyclic) bond motifs is 1. The molecule has 1 aromatic carbocycles. The maximum atomic E-state index is 6.04. The summed E-state index contributed by atoms with van der Waals surface area (Å²) in [6, 6.07) is 4.21. The van der Waals surface area contributed by atoms with Crippen molar-refractivity contribution in [3.05, 3.63) is 23.3 Å². The fourth-order valence-corrected chi connectivity index (χ4v) is 2.52. The molecule has 2 heteroatoms. The Morgan fingerprint density at radius 3 is 1.38 bits per heavy atom. The number of hydrogen-bond donors (Lipinski definition) is 0. The second-order valence-corrected chi connectivity index (χ2v) is 4.68. The molecule has 21 heavy (non-hydrogen) atoms. The predicted octanol–water partition coefficient (Wildman–Crippen LogP) is 6.42. The van der Waals surface area contributed by atoms with Gasteiger partial charge in [-0.3, -0.25) is 0 Å². The summed E-state index contributed by atoms with van der Waals surface area (Å²) < 4.78 is 12.1. The van der Waals surface area contributed by atoms with Gasteiger partial charge in [0.1, 0.15) is 0 Å². The summed E-state index contributed by atoms with van der Waals surface area (Å²) in [6.45, 7) is 16.2. The van der Waals surface area contributed by atoms with Crippen LogP contribution in [0.2, 0.25) is 0 Å². The van der Waals surface area contributed by atoms with E-state index in [1.54, 1.807) is 0 Å². The maximum Gasteiger partial charge on any atom is 0.251 e. The molecule has 1 saturated carbocycles. The molecule has 122 valence electrons. The summed E-state index contributed by atoms with van der Waals surface area (Å²) in [5.74, 6) is 1.62. The SMILES string of the molecule is CC.CC.CC.Cc1ccc(C)c2c1OC1(CCCC1)O2. The average Bonchev–Trinajstić information content (AvgIpc) is 3.18. The first-order valence-electron chi connectivity index (χ1n) is 8.68. The highest BCUT2D eigenvalue weighted by Crippen LogP contribution is 2.49. The normalized spacial score (nSPS) is 16.0. The second kappa shape index (κ2) is 9.70. The summed E-state index contributed by atoms with van der Waals surface area (Å²) in [5.41, 5.74) is 2.36. The number of benzene rings is 1. The van der Waals surface area contributed by atoms with Crippen LogP contribution in [0.3, 0.4) is 0 Å². The van der Waals surface area contributed by atoms with Crippen molar-refractivity contribution in [3.8, 4) is 11.5 Å². The van der Waals surface area contributed by atoms with Crippen molar-refractivity contribution in [1.29, 1.82) is 0 Å². The van der Waals surface area contributed by atoms with Crippen molar-refractivity contribution < 1.29 is 9.47 Å². The van der Waals surface area contributed by atoms with Gasteiger partial charge in [-0.05, 0) is 37.8 Å². The Morgan fingerprint density at radius 1 is 0.714 bits per heavy atom. The molecule has 0 unspecified atom stereocenters. The highest BCUT2D eigenvalue weighted by Gasteiger charge is 2.45. The highest BCUT2D eigenvalue weighted by atomic mass is 16.7. The minimum atomic E-state index is -0.320. The van der Waals surface area contributed by atoms with E-state index in [0.717, 1.165) is 24.3 Å². The lowest BCUT2D eigenvalue weighted by molar-refractivity contribution is -0.0721. The smallest absolute Gasteiger partial charge is 0.251 e. The molecular formula is C19H34O2. The number of ether oxygens (including phenoxy) is 2. The number of rotatable bonds is 0. The van der Waals surface area contributed by atoms with Gasteiger partial charge in [0.25, 0.3) is 5.79 Å². The molecule has 2 aliphatic rings. The Labute approximate surface area is 131 Å². The molecule has 1 aromatic rings. The van der Waals surface area contributed by atoms with Crippen LogP contribution in [0.4, 0.5) is 0 Å². The largest absolute Gasteiger partial charge is 0.448 e. The van der Waals surface area contributed by atoms with E-state index in [2.05, 4.69) is 26.0 Å². The molecule has 0 atom stereocenters. The first-order chi connectivity index (χ1) is 10.2. The van der Waals surface area contributed by atoms with Crippen LogP contribution < -0.4 is 9.47 Å². The fourth-order valence-electron chi connectivity index (χ4n) is 2.52. The van der Waals surface area contributed by atoms with Crippen molar-refractivity contribution >= 4 is 0 Å². The van der Waals surface area contributed by atoms with Gasteiger partial charge >= 0.3 is 0 Å². The van der Waals surface area contributed by atoms with Gasteiger partial charge in [0.2, 0.25) is 0 Å². The van der Waals surface area contributed by atoms with Crippen LogP contribution >= 0.6 is 0 Å². The van der Waals surface area contributed by atoms with Crippen molar-refractivity contribution in [3.63, 3.8) is 0 Å². The molecule has 1 heterocycles. The van der Waals surface area contributed by atoms with E-state index in [4.69, 9.17) is 9.47 Å². The zero-order valence-electron chi connectivity index (χ0n) is 15.3. The molecule has 0 radical (unpaired) electrons. The van der Waals surface area contributed by atoms with E-state index >= 15 is 0 Å². The third-order valence-corrected chi connectivity index (χ3v) is 3.45. The van der Waals surface area contributed by atoms with Crippen molar-refractivity contribution in [2.45, 2.75) is 86.9 Å². The van der Waals surface area contributed by atoms with E-state index < -0.39 is 0 Å². The minimum Gasteiger partial charge on any atom is -0.448 e. The van der Waals surface area contributed by atoms with Crippen LogP contribution in [0.25, 0.3) is 0 Å². The quantitative estimate of drug-likeness (QED) is 0.549. The summed E-state index contributed by atoms with van der Waals surface area (Å²) in [6.07, 6.45) is 4.49.